The molecule has 1 N–H and O–H groups in total. The third-order valence-electron chi connectivity index (χ3n) is 4.62. The fourth-order valence-electron chi connectivity index (χ4n) is 3.02. The summed E-state index contributed by atoms with van der Waals surface area (Å²) in [5, 5.41) is 9.64. The predicted molar refractivity (Wildman–Crippen MR) is 111 cm³/mol. The molecule has 27 heavy (non-hydrogen) atoms. The maximum Gasteiger partial charge on any atom is 0.191 e. The SMILES string of the molecule is Cn1c(SCc2nc3ccccc3[nH]2)nnc1-c1ccc(C(C)(C)C)cc1. The number of hydrogen-bond acceptors (Lipinski definition) is 4. The molecule has 6 heteroatoms. The molecule has 0 spiro atoms. The highest BCUT2D eigenvalue weighted by molar-refractivity contribution is 7.98. The molecule has 2 heterocycles. The molecular weight excluding hydrogens is 354 g/mol. The lowest BCUT2D eigenvalue weighted by molar-refractivity contribution is 0.590. The van der Waals surface area contributed by atoms with Crippen LogP contribution in [0.5, 0.6) is 0 Å². The Balaban J connectivity index is 1.51. The van der Waals surface area contributed by atoms with Gasteiger partial charge in [0.15, 0.2) is 11.0 Å². The van der Waals surface area contributed by atoms with Gasteiger partial charge < -0.3 is 9.55 Å². The van der Waals surface area contributed by atoms with Crippen molar-refractivity contribution in [2.45, 2.75) is 37.1 Å². The van der Waals surface area contributed by atoms with Gasteiger partial charge in [-0.05, 0) is 23.1 Å². The minimum absolute atomic E-state index is 0.145. The van der Waals surface area contributed by atoms with Crippen LogP contribution in [0, 0.1) is 0 Å². The number of para-hydroxylation sites is 2. The molecule has 0 saturated carbocycles. The van der Waals surface area contributed by atoms with Crippen LogP contribution in [0.1, 0.15) is 32.2 Å². The highest BCUT2D eigenvalue weighted by Gasteiger charge is 2.16. The van der Waals surface area contributed by atoms with Crippen LogP contribution in [0.15, 0.2) is 53.7 Å². The second-order valence-corrected chi connectivity index (χ2v) is 8.62. The maximum absolute atomic E-state index is 4.62. The lowest BCUT2D eigenvalue weighted by atomic mass is 9.87. The van der Waals surface area contributed by atoms with Crippen LogP contribution in [-0.4, -0.2) is 24.7 Å². The summed E-state index contributed by atoms with van der Waals surface area (Å²) in [6, 6.07) is 16.7. The van der Waals surface area contributed by atoms with Crippen LogP contribution in [0.25, 0.3) is 22.4 Å². The number of rotatable bonds is 4. The van der Waals surface area contributed by atoms with E-state index in [1.165, 1.54) is 5.56 Å². The minimum atomic E-state index is 0.145. The number of fused-ring (bicyclic) bond motifs is 1. The number of nitrogens with one attached hydrogen (secondary N) is 1. The first kappa shape index (κ1) is 17.8. The number of aromatic nitrogens is 5. The topological polar surface area (TPSA) is 59.4 Å². The number of thioether (sulfide) groups is 1. The van der Waals surface area contributed by atoms with Crippen molar-refractivity contribution in [3.8, 4) is 11.4 Å². The number of nitrogens with zero attached hydrogens (tertiary/aromatic N) is 4. The standard InChI is InChI=1S/C21H23N5S/c1-21(2,3)15-11-9-14(10-12-15)19-24-25-20(26(19)4)27-13-18-22-16-7-5-6-8-17(16)23-18/h5-12H,13H2,1-4H3,(H,22,23). The Kier molecular flexibility index (Phi) is 4.52. The Hall–Kier alpha value is -2.60. The lowest BCUT2D eigenvalue weighted by Crippen LogP contribution is -2.10. The summed E-state index contributed by atoms with van der Waals surface area (Å²) < 4.78 is 2.04. The number of imidazole rings is 1. The molecule has 2 aromatic carbocycles. The number of hydrogen-bond donors (Lipinski definition) is 1. The van der Waals surface area contributed by atoms with Crippen LogP contribution in [0.4, 0.5) is 0 Å². The number of benzene rings is 2. The fourth-order valence-corrected chi connectivity index (χ4v) is 3.80. The van der Waals surface area contributed by atoms with Crippen molar-refractivity contribution in [1.29, 1.82) is 0 Å². The average molecular weight is 378 g/mol. The summed E-state index contributed by atoms with van der Waals surface area (Å²) in [5.74, 6) is 2.55. The normalized spacial score (nSPS) is 12.0. The molecule has 4 rings (SSSR count). The number of aromatic amines is 1. The summed E-state index contributed by atoms with van der Waals surface area (Å²) in [4.78, 5) is 7.98. The van der Waals surface area contributed by atoms with Crippen molar-refractivity contribution in [2.75, 3.05) is 0 Å². The van der Waals surface area contributed by atoms with Crippen LogP contribution in [-0.2, 0) is 18.2 Å². The molecule has 0 saturated heterocycles. The van der Waals surface area contributed by atoms with Gasteiger partial charge in [-0.15, -0.1) is 10.2 Å². The molecule has 0 fully saturated rings. The second-order valence-electron chi connectivity index (χ2n) is 7.68. The third kappa shape index (κ3) is 3.62. The van der Waals surface area contributed by atoms with E-state index < -0.39 is 0 Å². The molecule has 4 aromatic rings. The summed E-state index contributed by atoms with van der Waals surface area (Å²) >= 11 is 1.63. The number of H-pyrrole nitrogens is 1. The van der Waals surface area contributed by atoms with E-state index in [1.54, 1.807) is 11.8 Å². The molecule has 0 aliphatic heterocycles. The van der Waals surface area contributed by atoms with Crippen molar-refractivity contribution in [1.82, 2.24) is 24.7 Å². The Morgan fingerprint density at radius 2 is 1.74 bits per heavy atom. The zero-order chi connectivity index (χ0) is 19.0. The van der Waals surface area contributed by atoms with Gasteiger partial charge in [0.2, 0.25) is 0 Å². The highest BCUT2D eigenvalue weighted by Crippen LogP contribution is 2.28. The first-order valence-corrected chi connectivity index (χ1v) is 9.97. The van der Waals surface area contributed by atoms with Gasteiger partial charge in [0.25, 0.3) is 0 Å². The molecule has 0 aliphatic carbocycles. The Morgan fingerprint density at radius 1 is 1.00 bits per heavy atom. The molecule has 2 aromatic heterocycles. The van der Waals surface area contributed by atoms with Gasteiger partial charge in [-0.25, -0.2) is 4.98 Å². The smallest absolute Gasteiger partial charge is 0.191 e. The minimum Gasteiger partial charge on any atom is -0.341 e. The van der Waals surface area contributed by atoms with E-state index in [-0.39, 0.29) is 5.41 Å². The zero-order valence-electron chi connectivity index (χ0n) is 16.0. The van der Waals surface area contributed by atoms with E-state index in [4.69, 9.17) is 0 Å². The van der Waals surface area contributed by atoms with E-state index in [0.29, 0.717) is 0 Å². The Labute approximate surface area is 163 Å². The molecule has 0 bridgehead atoms. The largest absolute Gasteiger partial charge is 0.341 e. The van der Waals surface area contributed by atoms with Gasteiger partial charge in [0.1, 0.15) is 5.82 Å². The van der Waals surface area contributed by atoms with Crippen molar-refractivity contribution in [2.24, 2.45) is 7.05 Å². The third-order valence-corrected chi connectivity index (χ3v) is 5.65. The van der Waals surface area contributed by atoms with Crippen LogP contribution in [0.3, 0.4) is 0 Å². The van der Waals surface area contributed by atoms with Crippen molar-refractivity contribution < 1.29 is 0 Å². The summed E-state index contributed by atoms with van der Waals surface area (Å²) in [6.07, 6.45) is 0. The van der Waals surface area contributed by atoms with E-state index >= 15 is 0 Å². The molecule has 138 valence electrons. The van der Waals surface area contributed by atoms with Crippen LogP contribution in [0.2, 0.25) is 0 Å². The lowest BCUT2D eigenvalue weighted by Gasteiger charge is -2.19. The molecule has 0 aliphatic rings. The quantitative estimate of drug-likeness (QED) is 0.511. The van der Waals surface area contributed by atoms with Crippen LogP contribution < -0.4 is 0 Å². The monoisotopic (exact) mass is 377 g/mol. The van der Waals surface area contributed by atoms with Gasteiger partial charge >= 0.3 is 0 Å². The first-order chi connectivity index (χ1) is 12.9. The summed E-state index contributed by atoms with van der Waals surface area (Å²) in [6.45, 7) is 6.66. The van der Waals surface area contributed by atoms with E-state index in [0.717, 1.165) is 39.2 Å². The maximum atomic E-state index is 4.62. The van der Waals surface area contributed by atoms with E-state index in [1.807, 2.05) is 35.9 Å². The van der Waals surface area contributed by atoms with Gasteiger partial charge in [0, 0.05) is 12.6 Å². The van der Waals surface area contributed by atoms with Gasteiger partial charge in [-0.2, -0.15) is 0 Å². The highest BCUT2D eigenvalue weighted by atomic mass is 32.2. The fraction of sp³-hybridized carbons (Fsp3) is 0.286. The average Bonchev–Trinajstić information content (AvgIpc) is 3.22. The van der Waals surface area contributed by atoms with Gasteiger partial charge in [-0.1, -0.05) is 68.9 Å². The van der Waals surface area contributed by atoms with Gasteiger partial charge in [-0.3, -0.25) is 0 Å². The molecule has 0 atom stereocenters. The van der Waals surface area contributed by atoms with Crippen molar-refractivity contribution in [3.63, 3.8) is 0 Å². The molecule has 0 radical (unpaired) electrons. The Morgan fingerprint density at radius 3 is 2.44 bits per heavy atom. The second kappa shape index (κ2) is 6.85. The summed E-state index contributed by atoms with van der Waals surface area (Å²) in [5.41, 5.74) is 4.59. The molecular formula is C21H23N5S. The zero-order valence-corrected chi connectivity index (χ0v) is 16.8. The molecule has 5 nitrogen and oxygen atoms in total. The van der Waals surface area contributed by atoms with Crippen LogP contribution >= 0.6 is 11.8 Å². The van der Waals surface area contributed by atoms with Crippen molar-refractivity contribution in [3.05, 3.63) is 59.9 Å². The summed E-state index contributed by atoms with van der Waals surface area (Å²) in [7, 11) is 2.01. The first-order valence-electron chi connectivity index (χ1n) is 8.98. The molecule has 0 unspecified atom stereocenters. The van der Waals surface area contributed by atoms with E-state index in [2.05, 4.69) is 65.2 Å². The predicted octanol–water partition coefficient (Wildman–Crippen LogP) is 4.95. The Bertz CT molecular complexity index is 1040. The molecule has 0 amide bonds. The van der Waals surface area contributed by atoms with Gasteiger partial charge in [0.05, 0.1) is 16.8 Å². The van der Waals surface area contributed by atoms with E-state index in [9.17, 15) is 0 Å². The van der Waals surface area contributed by atoms with Crippen molar-refractivity contribution >= 4 is 22.8 Å².